The largest absolute Gasteiger partial charge is 0.299 e. The highest BCUT2D eigenvalue weighted by molar-refractivity contribution is 7.92. The van der Waals surface area contributed by atoms with Crippen LogP contribution < -0.4 is 5.48 Å². The molecule has 0 aliphatic carbocycles. The van der Waals surface area contributed by atoms with E-state index in [4.69, 9.17) is 16.8 Å². The van der Waals surface area contributed by atoms with Gasteiger partial charge >= 0.3 is 0 Å². The molecule has 0 saturated carbocycles. The van der Waals surface area contributed by atoms with E-state index < -0.39 is 20.5 Å². The van der Waals surface area contributed by atoms with Crippen molar-refractivity contribution in [3.8, 4) is 11.8 Å². The fourth-order valence-corrected chi connectivity index (χ4v) is 4.20. The number of sulfone groups is 1. The van der Waals surface area contributed by atoms with Crippen molar-refractivity contribution < 1.29 is 18.4 Å². The highest BCUT2D eigenvalue weighted by Gasteiger charge is 2.43. The normalized spacial score (nSPS) is 16.7. The minimum Gasteiger partial charge on any atom is -0.299 e. The molecule has 0 fully saturated rings. The van der Waals surface area contributed by atoms with E-state index in [0.29, 0.717) is 19.0 Å². The molecule has 1 aromatic rings. The minimum absolute atomic E-state index is 0.110. The third-order valence-electron chi connectivity index (χ3n) is 5.52. The molecule has 0 radical (unpaired) electrons. The van der Waals surface area contributed by atoms with Gasteiger partial charge in [0.15, 0.2) is 14.6 Å². The number of carbonyl (C=O) groups excluding carboxylic acids is 1. The van der Waals surface area contributed by atoms with Crippen molar-refractivity contribution in [2.45, 2.75) is 37.4 Å². The Bertz CT molecular complexity index is 932. The van der Waals surface area contributed by atoms with Gasteiger partial charge in [-0.05, 0) is 49.5 Å². The summed E-state index contributed by atoms with van der Waals surface area (Å²) in [6.45, 7) is 3.24. The molecule has 6 nitrogen and oxygen atoms in total. The molecular weight excluding hydrogens is 424 g/mol. The van der Waals surface area contributed by atoms with Gasteiger partial charge in [0, 0.05) is 43.8 Å². The van der Waals surface area contributed by atoms with E-state index in [9.17, 15) is 13.2 Å². The minimum atomic E-state index is -3.68. The third-order valence-corrected chi connectivity index (χ3v) is 7.82. The zero-order chi connectivity index (χ0) is 22.2. The zero-order valence-corrected chi connectivity index (χ0v) is 19.0. The van der Waals surface area contributed by atoms with Crippen LogP contribution in [0.2, 0.25) is 0 Å². The maximum Gasteiger partial charge on any atom is 0.264 e. The molecule has 0 bridgehead atoms. The lowest BCUT2D eigenvalue weighted by Crippen LogP contribution is -2.51. The van der Waals surface area contributed by atoms with Crippen molar-refractivity contribution in [1.29, 1.82) is 0 Å². The van der Waals surface area contributed by atoms with Crippen molar-refractivity contribution in [2.75, 3.05) is 31.8 Å². The molecule has 1 unspecified atom stereocenters. The monoisotopic (exact) mass is 452 g/mol. The number of amides is 1. The first-order valence-electron chi connectivity index (χ1n) is 9.92. The third kappa shape index (κ3) is 6.32. The van der Waals surface area contributed by atoms with Gasteiger partial charge in [0.2, 0.25) is 0 Å². The smallest absolute Gasteiger partial charge is 0.264 e. The summed E-state index contributed by atoms with van der Waals surface area (Å²) in [5, 5.41) is 8.92. The number of alkyl halides is 1. The predicted molar refractivity (Wildman–Crippen MR) is 120 cm³/mol. The number of carbonyl (C=O) groups is 1. The van der Waals surface area contributed by atoms with Crippen LogP contribution in [0.4, 0.5) is 0 Å². The topological polar surface area (TPSA) is 86.7 Å². The van der Waals surface area contributed by atoms with Crippen LogP contribution in [0.15, 0.2) is 30.3 Å². The molecule has 30 heavy (non-hydrogen) atoms. The van der Waals surface area contributed by atoms with E-state index in [2.05, 4.69) is 34.9 Å². The molecule has 1 atom stereocenters. The number of halogens is 1. The van der Waals surface area contributed by atoms with E-state index in [1.165, 1.54) is 18.0 Å². The van der Waals surface area contributed by atoms with Crippen LogP contribution in [-0.2, 0) is 14.6 Å². The van der Waals surface area contributed by atoms with Gasteiger partial charge in [-0.3, -0.25) is 14.9 Å². The molecule has 2 N–H and O–H groups in total. The molecule has 0 spiro atoms. The summed E-state index contributed by atoms with van der Waals surface area (Å²) in [5.74, 6) is 5.98. The lowest BCUT2D eigenvalue weighted by atomic mass is 9.98. The Morgan fingerprint density at radius 1 is 1.33 bits per heavy atom. The molecule has 0 saturated heterocycles. The first kappa shape index (κ1) is 24.4. The Labute approximate surface area is 184 Å². The maximum atomic E-state index is 12.1. The quantitative estimate of drug-likeness (QED) is 0.208. The van der Waals surface area contributed by atoms with E-state index in [1.54, 1.807) is 0 Å². The summed E-state index contributed by atoms with van der Waals surface area (Å²) in [6, 6.07) is 8.17. The number of hydrogen-bond donors (Lipinski definition) is 2. The van der Waals surface area contributed by atoms with E-state index in [0.717, 1.165) is 43.2 Å². The first-order chi connectivity index (χ1) is 14.2. The summed E-state index contributed by atoms with van der Waals surface area (Å²) in [5.41, 5.74) is 4.86. The Hall–Kier alpha value is -1.85. The molecule has 1 aliphatic heterocycles. The average Bonchev–Trinajstić information content (AvgIpc) is 2.74. The van der Waals surface area contributed by atoms with Crippen LogP contribution >= 0.6 is 11.6 Å². The van der Waals surface area contributed by atoms with E-state index in [1.807, 2.05) is 12.1 Å². The van der Waals surface area contributed by atoms with Crippen molar-refractivity contribution in [3.63, 3.8) is 0 Å². The summed E-state index contributed by atoms with van der Waals surface area (Å²) in [7, 11) is -3.68. The van der Waals surface area contributed by atoms with Crippen molar-refractivity contribution in [3.05, 3.63) is 41.5 Å². The maximum absolute atomic E-state index is 12.1. The Kier molecular flexibility index (Phi) is 8.92. The Morgan fingerprint density at radius 3 is 2.57 bits per heavy atom. The molecule has 1 aromatic carbocycles. The van der Waals surface area contributed by atoms with Gasteiger partial charge in [-0.25, -0.2) is 13.9 Å². The van der Waals surface area contributed by atoms with Gasteiger partial charge < -0.3 is 0 Å². The molecule has 1 aliphatic rings. The number of benzene rings is 1. The number of hydroxylamine groups is 1. The van der Waals surface area contributed by atoms with Crippen molar-refractivity contribution in [2.24, 2.45) is 0 Å². The van der Waals surface area contributed by atoms with Gasteiger partial charge in [0.1, 0.15) is 0 Å². The van der Waals surface area contributed by atoms with Crippen molar-refractivity contribution >= 4 is 32.9 Å². The average molecular weight is 453 g/mol. The standard InChI is InChI=1S/C22H29ClN2O4S/c1-22(21(26)24-27,30(2,28)29)13-17-25-15-11-20(12-16-25)19-9-7-18(8-10-19)6-4-3-5-14-23/h7-11,27H,3,5,12-17H2,1-2H3,(H,24,26). The van der Waals surface area contributed by atoms with Crippen LogP contribution in [0, 0.1) is 11.8 Å². The molecule has 1 amide bonds. The Balaban J connectivity index is 1.96. The summed E-state index contributed by atoms with van der Waals surface area (Å²) < 4.78 is 22.5. The second-order valence-electron chi connectivity index (χ2n) is 7.65. The first-order valence-corrected chi connectivity index (χ1v) is 12.3. The number of rotatable bonds is 8. The SMILES string of the molecule is CC(CCN1CC=C(c2ccc(C#CCCCCl)cc2)CC1)(C(=O)NO)S(C)(=O)=O. The van der Waals surface area contributed by atoms with Crippen LogP contribution in [0.3, 0.4) is 0 Å². The highest BCUT2D eigenvalue weighted by Crippen LogP contribution is 2.25. The Morgan fingerprint density at radius 2 is 2.03 bits per heavy atom. The second kappa shape index (κ2) is 11.0. The number of nitrogens with zero attached hydrogens (tertiary/aromatic N) is 1. The number of nitrogens with one attached hydrogen (secondary N) is 1. The van der Waals surface area contributed by atoms with Gasteiger partial charge in [-0.15, -0.1) is 11.6 Å². The van der Waals surface area contributed by atoms with Crippen LogP contribution in [0.25, 0.3) is 5.57 Å². The molecule has 1 heterocycles. The van der Waals surface area contributed by atoms with Gasteiger partial charge in [-0.1, -0.05) is 30.0 Å². The number of hydrogen-bond acceptors (Lipinski definition) is 5. The predicted octanol–water partition coefficient (Wildman–Crippen LogP) is 2.84. The lowest BCUT2D eigenvalue weighted by molar-refractivity contribution is -0.131. The zero-order valence-electron chi connectivity index (χ0n) is 17.4. The molecule has 164 valence electrons. The fraction of sp³-hybridized carbons (Fsp3) is 0.500. The van der Waals surface area contributed by atoms with Crippen LogP contribution in [0.1, 0.15) is 43.7 Å². The molecular formula is C22H29ClN2O4S. The lowest BCUT2D eigenvalue weighted by Gasteiger charge is -2.31. The summed E-state index contributed by atoms with van der Waals surface area (Å²) in [6.07, 6.45) is 5.78. The van der Waals surface area contributed by atoms with E-state index in [-0.39, 0.29) is 6.42 Å². The molecule has 8 heteroatoms. The molecule has 2 rings (SSSR count). The van der Waals surface area contributed by atoms with E-state index >= 15 is 0 Å². The van der Waals surface area contributed by atoms with Crippen LogP contribution in [0.5, 0.6) is 0 Å². The number of unbranched alkanes of at least 4 members (excludes halogenated alkanes) is 1. The summed E-state index contributed by atoms with van der Waals surface area (Å²) >= 11 is 5.65. The van der Waals surface area contributed by atoms with Crippen molar-refractivity contribution in [1.82, 2.24) is 10.4 Å². The molecule has 0 aromatic heterocycles. The highest BCUT2D eigenvalue weighted by atomic mass is 35.5. The van der Waals surface area contributed by atoms with Gasteiger partial charge in [0.25, 0.3) is 5.91 Å². The summed E-state index contributed by atoms with van der Waals surface area (Å²) in [4.78, 5) is 14.0. The van der Waals surface area contributed by atoms with Gasteiger partial charge in [0.05, 0.1) is 0 Å². The van der Waals surface area contributed by atoms with Gasteiger partial charge in [-0.2, -0.15) is 0 Å². The second-order valence-corrected chi connectivity index (χ2v) is 10.5. The fourth-order valence-electron chi connectivity index (χ4n) is 3.22. The van der Waals surface area contributed by atoms with Crippen LogP contribution in [-0.4, -0.2) is 60.9 Å².